The van der Waals surface area contributed by atoms with Crippen molar-refractivity contribution >= 4 is 21.7 Å². The topological polar surface area (TPSA) is 91.0 Å². The third kappa shape index (κ3) is 9.01. The van der Waals surface area contributed by atoms with E-state index in [-0.39, 0.29) is 12.1 Å². The van der Waals surface area contributed by atoms with Gasteiger partial charge in [-0.2, -0.15) is 0 Å². The summed E-state index contributed by atoms with van der Waals surface area (Å²) in [6, 6.07) is 25.3. The Bertz CT molecular complexity index is 1290. The minimum absolute atomic E-state index is 0.0313. The first kappa shape index (κ1) is 28.4. The SMILES string of the molecule is CCN(C(=O)NCCc1ccccc1)C1CCN(Cc2ccc(Oc3ccc(NS(C)(=O)=O)cc3)cc2)CC1. The van der Waals surface area contributed by atoms with Crippen LogP contribution in [0.4, 0.5) is 10.5 Å². The quantitative estimate of drug-likeness (QED) is 0.347. The number of likely N-dealkylation sites (tertiary alicyclic amines) is 1. The van der Waals surface area contributed by atoms with E-state index in [9.17, 15) is 13.2 Å². The minimum atomic E-state index is -3.31. The van der Waals surface area contributed by atoms with Gasteiger partial charge in [0.1, 0.15) is 11.5 Å². The molecule has 8 nitrogen and oxygen atoms in total. The lowest BCUT2D eigenvalue weighted by Gasteiger charge is -2.38. The number of amides is 2. The van der Waals surface area contributed by atoms with Crippen molar-refractivity contribution in [1.29, 1.82) is 0 Å². The summed E-state index contributed by atoms with van der Waals surface area (Å²) in [4.78, 5) is 17.2. The molecule has 0 aliphatic carbocycles. The molecule has 0 radical (unpaired) electrons. The average molecular weight is 551 g/mol. The Labute approximate surface area is 232 Å². The van der Waals surface area contributed by atoms with E-state index in [0.29, 0.717) is 24.5 Å². The highest BCUT2D eigenvalue weighted by Gasteiger charge is 2.26. The summed E-state index contributed by atoms with van der Waals surface area (Å²) >= 11 is 0. The second-order valence-electron chi connectivity index (χ2n) is 9.91. The second kappa shape index (κ2) is 13.5. The number of nitrogens with zero attached hydrogens (tertiary/aromatic N) is 2. The summed E-state index contributed by atoms with van der Waals surface area (Å²) in [6.45, 7) is 6.15. The zero-order valence-corrected chi connectivity index (χ0v) is 23.5. The fraction of sp³-hybridized carbons (Fsp3) is 0.367. The van der Waals surface area contributed by atoms with Gasteiger partial charge in [-0.3, -0.25) is 9.62 Å². The highest BCUT2D eigenvalue weighted by molar-refractivity contribution is 7.92. The molecule has 2 amide bonds. The molecule has 0 spiro atoms. The molecule has 2 N–H and O–H groups in total. The van der Waals surface area contributed by atoms with Crippen molar-refractivity contribution in [2.75, 3.05) is 37.2 Å². The normalized spacial score (nSPS) is 14.5. The largest absolute Gasteiger partial charge is 0.457 e. The number of benzene rings is 3. The summed E-state index contributed by atoms with van der Waals surface area (Å²) in [6.07, 6.45) is 3.88. The van der Waals surface area contributed by atoms with Crippen molar-refractivity contribution in [2.24, 2.45) is 0 Å². The maximum absolute atomic E-state index is 12.8. The lowest BCUT2D eigenvalue weighted by atomic mass is 10.0. The Morgan fingerprint density at radius 1 is 0.923 bits per heavy atom. The molecule has 3 aromatic rings. The molecule has 0 atom stereocenters. The Morgan fingerprint density at radius 3 is 2.13 bits per heavy atom. The molecule has 0 aromatic heterocycles. The van der Waals surface area contributed by atoms with E-state index in [1.807, 2.05) is 42.2 Å². The van der Waals surface area contributed by atoms with E-state index in [2.05, 4.69) is 39.2 Å². The van der Waals surface area contributed by atoms with Crippen LogP contribution < -0.4 is 14.8 Å². The first-order chi connectivity index (χ1) is 18.8. The third-order valence-electron chi connectivity index (χ3n) is 6.85. The van der Waals surface area contributed by atoms with Crippen molar-refractivity contribution in [1.82, 2.24) is 15.1 Å². The second-order valence-corrected chi connectivity index (χ2v) is 11.7. The number of nitrogens with one attached hydrogen (secondary N) is 2. The van der Waals surface area contributed by atoms with Crippen LogP contribution >= 0.6 is 0 Å². The van der Waals surface area contributed by atoms with Gasteiger partial charge in [0.15, 0.2) is 0 Å². The number of anilines is 1. The van der Waals surface area contributed by atoms with Gasteiger partial charge < -0.3 is 15.0 Å². The summed E-state index contributed by atoms with van der Waals surface area (Å²) in [5.41, 5.74) is 2.93. The van der Waals surface area contributed by atoms with Crippen molar-refractivity contribution in [3.05, 3.63) is 90.0 Å². The number of hydrogen-bond acceptors (Lipinski definition) is 5. The zero-order valence-electron chi connectivity index (χ0n) is 22.7. The van der Waals surface area contributed by atoms with Crippen molar-refractivity contribution in [2.45, 2.75) is 38.8 Å². The molecule has 208 valence electrons. The molecule has 1 saturated heterocycles. The number of carbonyl (C=O) groups excluding carboxylic acids is 1. The maximum Gasteiger partial charge on any atom is 0.317 e. The molecule has 9 heteroatoms. The zero-order chi connectivity index (χ0) is 27.7. The predicted octanol–water partition coefficient (Wildman–Crippen LogP) is 5.09. The Hall–Kier alpha value is -3.56. The number of sulfonamides is 1. The fourth-order valence-electron chi connectivity index (χ4n) is 4.88. The number of carbonyl (C=O) groups is 1. The minimum Gasteiger partial charge on any atom is -0.457 e. The molecule has 39 heavy (non-hydrogen) atoms. The highest BCUT2D eigenvalue weighted by atomic mass is 32.2. The molecule has 1 aliphatic heterocycles. The van der Waals surface area contributed by atoms with Crippen molar-refractivity contribution < 1.29 is 17.9 Å². The van der Waals surface area contributed by atoms with Gasteiger partial charge in [0, 0.05) is 44.5 Å². The molecule has 1 fully saturated rings. The van der Waals surface area contributed by atoms with Gasteiger partial charge in [-0.25, -0.2) is 13.2 Å². The van der Waals surface area contributed by atoms with Gasteiger partial charge in [0.2, 0.25) is 10.0 Å². The molecule has 0 unspecified atom stereocenters. The van der Waals surface area contributed by atoms with Crippen LogP contribution in [0.2, 0.25) is 0 Å². The van der Waals surface area contributed by atoms with Crippen LogP contribution in [-0.4, -0.2) is 62.7 Å². The van der Waals surface area contributed by atoms with Crippen LogP contribution in [0.3, 0.4) is 0 Å². The van der Waals surface area contributed by atoms with Crippen molar-refractivity contribution in [3.8, 4) is 11.5 Å². The van der Waals surface area contributed by atoms with Crippen LogP contribution in [0.15, 0.2) is 78.9 Å². The lowest BCUT2D eigenvalue weighted by molar-refractivity contribution is 0.120. The Morgan fingerprint density at radius 2 is 1.54 bits per heavy atom. The predicted molar refractivity (Wildman–Crippen MR) is 156 cm³/mol. The molecular formula is C30H38N4O4S. The standard InChI is InChI=1S/C30H38N4O4S/c1-3-34(30(35)31-20-17-24-7-5-4-6-8-24)27-18-21-33(22-19-27)23-25-9-13-28(14-10-25)38-29-15-11-26(12-16-29)32-39(2,36)37/h4-16,27,32H,3,17-23H2,1-2H3,(H,31,35). The average Bonchev–Trinajstić information content (AvgIpc) is 2.92. The summed E-state index contributed by atoms with van der Waals surface area (Å²) in [5.74, 6) is 1.35. The maximum atomic E-state index is 12.8. The van der Waals surface area contributed by atoms with Gasteiger partial charge in [0.25, 0.3) is 0 Å². The highest BCUT2D eigenvalue weighted by Crippen LogP contribution is 2.25. The van der Waals surface area contributed by atoms with Crippen molar-refractivity contribution in [3.63, 3.8) is 0 Å². The van der Waals surface area contributed by atoms with E-state index in [4.69, 9.17) is 4.74 Å². The molecule has 1 heterocycles. The Kier molecular flexibility index (Phi) is 9.84. The van der Waals surface area contributed by atoms with Gasteiger partial charge >= 0.3 is 6.03 Å². The van der Waals surface area contributed by atoms with E-state index in [1.165, 1.54) is 11.1 Å². The van der Waals surface area contributed by atoms with E-state index in [1.54, 1.807) is 24.3 Å². The summed E-state index contributed by atoms with van der Waals surface area (Å²) < 4.78 is 31.0. The first-order valence-corrected chi connectivity index (χ1v) is 15.3. The van der Waals surface area contributed by atoms with Gasteiger partial charge in [-0.05, 0) is 73.7 Å². The van der Waals surface area contributed by atoms with Crippen LogP contribution in [0.25, 0.3) is 0 Å². The molecule has 3 aromatic carbocycles. The van der Waals surface area contributed by atoms with Gasteiger partial charge in [0.05, 0.1) is 6.26 Å². The summed E-state index contributed by atoms with van der Waals surface area (Å²) in [5, 5.41) is 3.10. The molecule has 1 aliphatic rings. The summed E-state index contributed by atoms with van der Waals surface area (Å²) in [7, 11) is -3.31. The number of hydrogen-bond donors (Lipinski definition) is 2. The molecular weight excluding hydrogens is 512 g/mol. The smallest absolute Gasteiger partial charge is 0.317 e. The van der Waals surface area contributed by atoms with Crippen LogP contribution in [0.1, 0.15) is 30.9 Å². The van der Waals surface area contributed by atoms with Crippen LogP contribution in [0, 0.1) is 0 Å². The monoisotopic (exact) mass is 550 g/mol. The molecule has 4 rings (SSSR count). The number of rotatable bonds is 11. The Balaban J connectivity index is 1.20. The third-order valence-corrected chi connectivity index (χ3v) is 7.46. The lowest BCUT2D eigenvalue weighted by Crippen LogP contribution is -2.50. The van der Waals surface area contributed by atoms with E-state index in [0.717, 1.165) is 50.9 Å². The van der Waals surface area contributed by atoms with Crippen LogP contribution in [-0.2, 0) is 23.0 Å². The number of piperidine rings is 1. The van der Waals surface area contributed by atoms with Crippen LogP contribution in [0.5, 0.6) is 11.5 Å². The molecule has 0 saturated carbocycles. The fourth-order valence-corrected chi connectivity index (χ4v) is 5.44. The number of ether oxygens (including phenoxy) is 1. The van der Waals surface area contributed by atoms with E-state index < -0.39 is 10.0 Å². The van der Waals surface area contributed by atoms with Gasteiger partial charge in [-0.15, -0.1) is 0 Å². The molecule has 0 bridgehead atoms. The number of urea groups is 1. The first-order valence-electron chi connectivity index (χ1n) is 13.4. The van der Waals surface area contributed by atoms with E-state index >= 15 is 0 Å². The van der Waals surface area contributed by atoms with Gasteiger partial charge in [-0.1, -0.05) is 42.5 Å².